The van der Waals surface area contributed by atoms with Crippen LogP contribution in [0.3, 0.4) is 0 Å². The van der Waals surface area contributed by atoms with Crippen LogP contribution >= 0.6 is 0 Å². The van der Waals surface area contributed by atoms with Crippen molar-refractivity contribution in [1.82, 2.24) is 20.4 Å². The molecule has 1 aliphatic heterocycles. The van der Waals surface area contributed by atoms with Crippen LogP contribution in [-0.2, 0) is 0 Å². The lowest BCUT2D eigenvalue weighted by Crippen LogP contribution is -2.26. The average molecular weight is 263 g/mol. The Labute approximate surface area is 113 Å². The Morgan fingerprint density at radius 3 is 2.84 bits per heavy atom. The van der Waals surface area contributed by atoms with Crippen LogP contribution in [0.1, 0.15) is 16.9 Å². The predicted molar refractivity (Wildman–Crippen MR) is 74.3 cm³/mol. The summed E-state index contributed by atoms with van der Waals surface area (Å²) in [6.45, 7) is 3.03. The molecule has 1 saturated heterocycles. The molecule has 6 heteroatoms. The second-order valence-corrected chi connectivity index (χ2v) is 5.13. The van der Waals surface area contributed by atoms with Crippen molar-refractivity contribution < 1.29 is 4.79 Å². The highest BCUT2D eigenvalue weighted by atomic mass is 16.2. The van der Waals surface area contributed by atoms with E-state index in [9.17, 15) is 4.79 Å². The normalized spacial score (nSPS) is 18.7. The van der Waals surface area contributed by atoms with Crippen molar-refractivity contribution in [3.05, 3.63) is 17.8 Å². The Hall–Kier alpha value is -1.69. The van der Waals surface area contributed by atoms with Crippen molar-refractivity contribution in [2.45, 2.75) is 6.42 Å². The van der Waals surface area contributed by atoms with Crippen molar-refractivity contribution >= 4 is 11.7 Å². The monoisotopic (exact) mass is 263 g/mol. The fourth-order valence-corrected chi connectivity index (χ4v) is 2.33. The molecule has 1 fully saturated rings. The molecule has 0 aliphatic carbocycles. The predicted octanol–water partition coefficient (Wildman–Crippen LogP) is 0.224. The molecule has 1 N–H and O–H groups in total. The Morgan fingerprint density at radius 2 is 2.26 bits per heavy atom. The van der Waals surface area contributed by atoms with E-state index in [-0.39, 0.29) is 5.91 Å². The first-order valence-corrected chi connectivity index (χ1v) is 6.56. The first kappa shape index (κ1) is 13.7. The van der Waals surface area contributed by atoms with Crippen LogP contribution in [-0.4, -0.2) is 61.8 Å². The molecule has 1 atom stereocenters. The summed E-state index contributed by atoms with van der Waals surface area (Å²) in [6.07, 6.45) is 1.17. The molecule has 104 valence electrons. The molecule has 0 radical (unpaired) electrons. The number of hydrogen-bond donors (Lipinski definition) is 1. The lowest BCUT2D eigenvalue weighted by atomic mass is 10.1. The van der Waals surface area contributed by atoms with Gasteiger partial charge in [0.15, 0.2) is 11.5 Å². The maximum atomic E-state index is 11.7. The highest BCUT2D eigenvalue weighted by molar-refractivity contribution is 5.91. The zero-order valence-electron chi connectivity index (χ0n) is 11.8. The zero-order valence-corrected chi connectivity index (χ0v) is 11.8. The molecular formula is C13H21N5O. The molecule has 1 aromatic rings. The van der Waals surface area contributed by atoms with Crippen molar-refractivity contribution in [3.63, 3.8) is 0 Å². The van der Waals surface area contributed by atoms with Crippen molar-refractivity contribution in [1.29, 1.82) is 0 Å². The fraction of sp³-hybridized carbons (Fsp3) is 0.615. The van der Waals surface area contributed by atoms with Gasteiger partial charge in [-0.3, -0.25) is 4.79 Å². The van der Waals surface area contributed by atoms with E-state index in [2.05, 4.69) is 20.4 Å². The second-order valence-electron chi connectivity index (χ2n) is 5.13. The maximum absolute atomic E-state index is 11.7. The third-order valence-corrected chi connectivity index (χ3v) is 3.38. The zero-order chi connectivity index (χ0) is 13.8. The molecule has 2 heterocycles. The van der Waals surface area contributed by atoms with E-state index in [1.165, 1.54) is 11.3 Å². The molecule has 0 spiro atoms. The summed E-state index contributed by atoms with van der Waals surface area (Å²) < 4.78 is 0. The number of nitrogens with one attached hydrogen (secondary N) is 1. The Bertz CT molecular complexity index is 431. The van der Waals surface area contributed by atoms with Crippen LogP contribution in [0.4, 0.5) is 5.82 Å². The van der Waals surface area contributed by atoms with E-state index in [1.807, 2.05) is 13.1 Å². The van der Waals surface area contributed by atoms with E-state index in [0.717, 1.165) is 25.5 Å². The summed E-state index contributed by atoms with van der Waals surface area (Å²) in [4.78, 5) is 15.4. The van der Waals surface area contributed by atoms with Crippen molar-refractivity contribution in [3.8, 4) is 0 Å². The number of hydrogen-bond acceptors (Lipinski definition) is 5. The first-order chi connectivity index (χ1) is 9.11. The van der Waals surface area contributed by atoms with E-state index in [1.54, 1.807) is 20.2 Å². The molecule has 0 bridgehead atoms. The standard InChI is InChI=1S/C13H21N5O/c1-14-8-10-6-7-18(9-10)12-5-4-11(15-16-12)13(19)17(2)3/h4-5,10,14H,6-9H2,1-3H3. The lowest BCUT2D eigenvalue weighted by Gasteiger charge is -2.17. The van der Waals surface area contributed by atoms with Crippen LogP contribution in [0.15, 0.2) is 12.1 Å². The number of carbonyl (C=O) groups excluding carboxylic acids is 1. The number of amides is 1. The third-order valence-electron chi connectivity index (χ3n) is 3.38. The molecule has 1 aromatic heterocycles. The van der Waals surface area contributed by atoms with Gasteiger partial charge < -0.3 is 15.1 Å². The molecule has 1 unspecified atom stereocenters. The summed E-state index contributed by atoms with van der Waals surface area (Å²) in [5, 5.41) is 11.4. The van der Waals surface area contributed by atoms with Crippen LogP contribution in [0.2, 0.25) is 0 Å². The van der Waals surface area contributed by atoms with Gasteiger partial charge in [-0.2, -0.15) is 0 Å². The SMILES string of the molecule is CNCC1CCN(c2ccc(C(=O)N(C)C)nn2)C1. The molecule has 6 nitrogen and oxygen atoms in total. The van der Waals surface area contributed by atoms with Gasteiger partial charge in [-0.1, -0.05) is 0 Å². The van der Waals surface area contributed by atoms with Crippen molar-refractivity contribution in [2.24, 2.45) is 5.92 Å². The summed E-state index contributed by atoms with van der Waals surface area (Å²) in [6, 6.07) is 3.63. The highest BCUT2D eigenvalue weighted by Crippen LogP contribution is 2.21. The summed E-state index contributed by atoms with van der Waals surface area (Å²) in [5.41, 5.74) is 0.389. The Balaban J connectivity index is 2.01. The molecule has 1 aliphatic rings. The average Bonchev–Trinajstić information content (AvgIpc) is 2.87. The van der Waals surface area contributed by atoms with Gasteiger partial charge in [-0.05, 0) is 38.1 Å². The van der Waals surface area contributed by atoms with Gasteiger partial charge in [0, 0.05) is 27.2 Å². The molecule has 2 rings (SSSR count). The third kappa shape index (κ3) is 3.20. The van der Waals surface area contributed by atoms with E-state index < -0.39 is 0 Å². The van der Waals surface area contributed by atoms with Crippen LogP contribution in [0.5, 0.6) is 0 Å². The van der Waals surface area contributed by atoms with E-state index >= 15 is 0 Å². The molecule has 0 saturated carbocycles. The van der Waals surface area contributed by atoms with Crippen molar-refractivity contribution in [2.75, 3.05) is 45.7 Å². The fourth-order valence-electron chi connectivity index (χ4n) is 2.33. The minimum atomic E-state index is -0.117. The Kier molecular flexibility index (Phi) is 4.31. The quantitative estimate of drug-likeness (QED) is 0.842. The van der Waals surface area contributed by atoms with Gasteiger partial charge in [0.25, 0.3) is 5.91 Å². The van der Waals surface area contributed by atoms with Gasteiger partial charge in [-0.15, -0.1) is 10.2 Å². The number of anilines is 1. The van der Waals surface area contributed by atoms with Gasteiger partial charge in [0.2, 0.25) is 0 Å². The van der Waals surface area contributed by atoms with Gasteiger partial charge in [-0.25, -0.2) is 0 Å². The Morgan fingerprint density at radius 1 is 1.47 bits per heavy atom. The van der Waals surface area contributed by atoms with Gasteiger partial charge in [0.05, 0.1) is 0 Å². The maximum Gasteiger partial charge on any atom is 0.273 e. The number of carbonyl (C=O) groups is 1. The topological polar surface area (TPSA) is 61.4 Å². The largest absolute Gasteiger partial charge is 0.355 e. The smallest absolute Gasteiger partial charge is 0.273 e. The minimum absolute atomic E-state index is 0.117. The van der Waals surface area contributed by atoms with Gasteiger partial charge in [0.1, 0.15) is 0 Å². The van der Waals surface area contributed by atoms with E-state index in [4.69, 9.17) is 0 Å². The van der Waals surface area contributed by atoms with Crippen LogP contribution in [0.25, 0.3) is 0 Å². The lowest BCUT2D eigenvalue weighted by molar-refractivity contribution is 0.0821. The molecule has 0 aromatic carbocycles. The van der Waals surface area contributed by atoms with E-state index in [0.29, 0.717) is 11.6 Å². The molecule has 19 heavy (non-hydrogen) atoms. The summed E-state index contributed by atoms with van der Waals surface area (Å²) in [5.74, 6) is 1.40. The molecule has 1 amide bonds. The van der Waals surface area contributed by atoms with Gasteiger partial charge >= 0.3 is 0 Å². The summed E-state index contributed by atoms with van der Waals surface area (Å²) >= 11 is 0. The number of aromatic nitrogens is 2. The van der Waals surface area contributed by atoms with Crippen LogP contribution in [0, 0.1) is 5.92 Å². The van der Waals surface area contributed by atoms with Crippen LogP contribution < -0.4 is 10.2 Å². The second kappa shape index (κ2) is 5.97. The number of rotatable bonds is 4. The highest BCUT2D eigenvalue weighted by Gasteiger charge is 2.23. The molecular weight excluding hydrogens is 242 g/mol. The number of nitrogens with zero attached hydrogens (tertiary/aromatic N) is 4. The minimum Gasteiger partial charge on any atom is -0.355 e. The first-order valence-electron chi connectivity index (χ1n) is 6.56. The summed E-state index contributed by atoms with van der Waals surface area (Å²) in [7, 11) is 5.39.